The van der Waals surface area contributed by atoms with Gasteiger partial charge in [0.25, 0.3) is 5.91 Å². The zero-order chi connectivity index (χ0) is 21.8. The molecule has 1 aromatic carbocycles. The average Bonchev–Trinajstić information content (AvgIpc) is 3.39. The SMILES string of the molecule is Cc1ccoc1C(=O)Nc1cccc(Oc2ccnc3cc(C(=O)OCCO)sc23)c1. The number of anilines is 1. The normalized spacial score (nSPS) is 10.8. The Balaban J connectivity index is 1.54. The number of ether oxygens (including phenoxy) is 2. The van der Waals surface area contributed by atoms with E-state index in [2.05, 4.69) is 10.3 Å². The Hall–Kier alpha value is -3.69. The fourth-order valence-corrected chi connectivity index (χ4v) is 3.82. The minimum atomic E-state index is -0.527. The predicted octanol–water partition coefficient (Wildman–Crippen LogP) is 4.39. The Morgan fingerprint density at radius 3 is 2.87 bits per heavy atom. The molecular weight excluding hydrogens is 420 g/mol. The molecule has 0 spiro atoms. The molecule has 0 aliphatic heterocycles. The van der Waals surface area contributed by atoms with Gasteiger partial charge < -0.3 is 24.3 Å². The first-order valence-electron chi connectivity index (χ1n) is 9.35. The van der Waals surface area contributed by atoms with Crippen LogP contribution in [0.15, 0.2) is 59.3 Å². The lowest BCUT2D eigenvalue weighted by molar-refractivity contribution is 0.0439. The number of aliphatic hydroxyl groups excluding tert-OH is 1. The number of pyridine rings is 1. The van der Waals surface area contributed by atoms with Crippen molar-refractivity contribution in [1.82, 2.24) is 4.98 Å². The Labute approximate surface area is 181 Å². The molecule has 0 radical (unpaired) electrons. The van der Waals surface area contributed by atoms with Crippen LogP contribution < -0.4 is 10.1 Å². The van der Waals surface area contributed by atoms with Gasteiger partial charge in [-0.15, -0.1) is 11.3 Å². The van der Waals surface area contributed by atoms with Crippen LogP contribution in [0.5, 0.6) is 11.5 Å². The molecule has 0 fully saturated rings. The number of furan rings is 1. The average molecular weight is 438 g/mol. The molecule has 4 rings (SSSR count). The van der Waals surface area contributed by atoms with Crippen molar-refractivity contribution >= 4 is 39.1 Å². The second kappa shape index (κ2) is 8.99. The van der Waals surface area contributed by atoms with E-state index in [1.165, 1.54) is 17.6 Å². The number of nitrogens with zero attached hydrogens (tertiary/aromatic N) is 1. The summed E-state index contributed by atoms with van der Waals surface area (Å²) >= 11 is 1.19. The van der Waals surface area contributed by atoms with Crippen LogP contribution in [-0.4, -0.2) is 35.2 Å². The first-order valence-corrected chi connectivity index (χ1v) is 10.2. The molecule has 0 saturated carbocycles. The van der Waals surface area contributed by atoms with Crippen LogP contribution in [0.1, 0.15) is 25.8 Å². The van der Waals surface area contributed by atoms with E-state index >= 15 is 0 Å². The molecular formula is C22H18N2O6S. The van der Waals surface area contributed by atoms with E-state index in [9.17, 15) is 9.59 Å². The summed E-state index contributed by atoms with van der Waals surface area (Å²) in [6, 6.07) is 12.0. The molecule has 31 heavy (non-hydrogen) atoms. The number of amides is 1. The van der Waals surface area contributed by atoms with E-state index in [-0.39, 0.29) is 24.9 Å². The lowest BCUT2D eigenvalue weighted by atomic mass is 10.2. The van der Waals surface area contributed by atoms with Gasteiger partial charge in [-0.25, -0.2) is 4.79 Å². The maximum atomic E-state index is 12.4. The molecule has 0 aliphatic carbocycles. The molecule has 2 N–H and O–H groups in total. The third-order valence-corrected chi connectivity index (χ3v) is 5.41. The summed E-state index contributed by atoms with van der Waals surface area (Å²) in [5.41, 5.74) is 1.88. The van der Waals surface area contributed by atoms with E-state index in [1.54, 1.807) is 55.6 Å². The number of aliphatic hydroxyl groups is 1. The molecule has 158 valence electrons. The maximum absolute atomic E-state index is 12.4. The summed E-state index contributed by atoms with van der Waals surface area (Å²) in [7, 11) is 0. The van der Waals surface area contributed by atoms with Crippen molar-refractivity contribution in [3.05, 3.63) is 71.1 Å². The first-order chi connectivity index (χ1) is 15.0. The fourth-order valence-electron chi connectivity index (χ4n) is 2.86. The minimum absolute atomic E-state index is 0.0695. The maximum Gasteiger partial charge on any atom is 0.348 e. The molecule has 1 amide bonds. The van der Waals surface area contributed by atoms with Gasteiger partial charge in [-0.05, 0) is 31.2 Å². The summed E-state index contributed by atoms with van der Waals surface area (Å²) in [5.74, 6) is 0.387. The summed E-state index contributed by atoms with van der Waals surface area (Å²) < 4.78 is 16.9. The molecule has 9 heteroatoms. The van der Waals surface area contributed by atoms with Crippen LogP contribution in [0.2, 0.25) is 0 Å². The second-order valence-corrected chi connectivity index (χ2v) is 7.56. The van der Waals surface area contributed by atoms with Gasteiger partial charge in [0, 0.05) is 29.6 Å². The van der Waals surface area contributed by atoms with Crippen molar-refractivity contribution in [2.24, 2.45) is 0 Å². The molecule has 8 nitrogen and oxygen atoms in total. The van der Waals surface area contributed by atoms with Gasteiger partial charge in [0.15, 0.2) is 5.76 Å². The molecule has 0 saturated heterocycles. The number of aryl methyl sites for hydroxylation is 1. The number of carbonyl (C=O) groups is 2. The number of rotatable bonds is 7. The highest BCUT2D eigenvalue weighted by molar-refractivity contribution is 7.21. The highest BCUT2D eigenvalue weighted by Gasteiger charge is 2.16. The molecule has 0 aliphatic rings. The van der Waals surface area contributed by atoms with Gasteiger partial charge >= 0.3 is 5.97 Å². The van der Waals surface area contributed by atoms with Crippen molar-refractivity contribution in [1.29, 1.82) is 0 Å². The number of nitrogens with one attached hydrogen (secondary N) is 1. The van der Waals surface area contributed by atoms with Crippen LogP contribution in [-0.2, 0) is 4.74 Å². The third kappa shape index (κ3) is 4.57. The minimum Gasteiger partial charge on any atom is -0.459 e. The Morgan fingerprint density at radius 2 is 2.10 bits per heavy atom. The van der Waals surface area contributed by atoms with E-state index in [1.807, 2.05) is 0 Å². The van der Waals surface area contributed by atoms with Crippen molar-refractivity contribution in [3.63, 3.8) is 0 Å². The topological polar surface area (TPSA) is 111 Å². The van der Waals surface area contributed by atoms with E-state index in [0.29, 0.717) is 32.3 Å². The lowest BCUT2D eigenvalue weighted by Gasteiger charge is -2.09. The summed E-state index contributed by atoms with van der Waals surface area (Å²) in [6.07, 6.45) is 3.05. The van der Waals surface area contributed by atoms with Crippen LogP contribution in [0.4, 0.5) is 5.69 Å². The Bertz CT molecular complexity index is 1250. The highest BCUT2D eigenvalue weighted by atomic mass is 32.1. The molecule has 3 heterocycles. The monoisotopic (exact) mass is 438 g/mol. The lowest BCUT2D eigenvalue weighted by Crippen LogP contribution is -2.12. The predicted molar refractivity (Wildman–Crippen MR) is 115 cm³/mol. The van der Waals surface area contributed by atoms with Crippen LogP contribution in [0, 0.1) is 6.92 Å². The second-order valence-electron chi connectivity index (χ2n) is 6.51. The molecule has 0 unspecified atom stereocenters. The zero-order valence-electron chi connectivity index (χ0n) is 16.5. The summed E-state index contributed by atoms with van der Waals surface area (Å²) in [5, 5.41) is 11.6. The number of thiophene rings is 1. The van der Waals surface area contributed by atoms with E-state index in [0.717, 1.165) is 5.56 Å². The number of hydrogen-bond acceptors (Lipinski definition) is 8. The molecule has 4 aromatic rings. The quantitative estimate of drug-likeness (QED) is 0.412. The number of fused-ring (bicyclic) bond motifs is 1. The third-order valence-electron chi connectivity index (χ3n) is 4.29. The van der Waals surface area contributed by atoms with Crippen LogP contribution >= 0.6 is 11.3 Å². The van der Waals surface area contributed by atoms with Gasteiger partial charge in [0.05, 0.1) is 23.1 Å². The highest BCUT2D eigenvalue weighted by Crippen LogP contribution is 2.35. The standard InChI is InChI=1S/C22H18N2O6S/c1-13-6-9-28-19(13)21(26)24-14-3-2-4-15(11-14)30-17-5-7-23-16-12-18(31-20(16)17)22(27)29-10-8-25/h2-7,9,11-12,25H,8,10H2,1H3,(H,24,26). The van der Waals surface area contributed by atoms with Crippen molar-refractivity contribution in [2.45, 2.75) is 6.92 Å². The Kier molecular flexibility index (Phi) is 5.96. The fraction of sp³-hybridized carbons (Fsp3) is 0.136. The van der Waals surface area contributed by atoms with Gasteiger partial charge in [0.2, 0.25) is 0 Å². The van der Waals surface area contributed by atoms with Crippen LogP contribution in [0.3, 0.4) is 0 Å². The summed E-state index contributed by atoms with van der Waals surface area (Å²) in [6.45, 7) is 1.48. The number of carbonyl (C=O) groups excluding carboxylic acids is 2. The van der Waals surface area contributed by atoms with Gasteiger partial charge in [-0.2, -0.15) is 0 Å². The van der Waals surface area contributed by atoms with Crippen molar-refractivity contribution in [2.75, 3.05) is 18.5 Å². The molecule has 3 aromatic heterocycles. The number of hydrogen-bond donors (Lipinski definition) is 2. The smallest absolute Gasteiger partial charge is 0.348 e. The van der Waals surface area contributed by atoms with Crippen molar-refractivity contribution in [3.8, 4) is 11.5 Å². The number of esters is 1. The van der Waals surface area contributed by atoms with Crippen LogP contribution in [0.25, 0.3) is 10.2 Å². The Morgan fingerprint density at radius 1 is 1.23 bits per heavy atom. The first kappa shape index (κ1) is 20.6. The summed E-state index contributed by atoms with van der Waals surface area (Å²) in [4.78, 5) is 29.1. The number of aromatic nitrogens is 1. The zero-order valence-corrected chi connectivity index (χ0v) is 17.3. The number of benzene rings is 1. The van der Waals surface area contributed by atoms with Crippen molar-refractivity contribution < 1.29 is 28.6 Å². The molecule has 0 atom stereocenters. The van der Waals surface area contributed by atoms with E-state index < -0.39 is 5.97 Å². The van der Waals surface area contributed by atoms with E-state index in [4.69, 9.17) is 19.0 Å². The largest absolute Gasteiger partial charge is 0.459 e. The van der Waals surface area contributed by atoms with Gasteiger partial charge in [0.1, 0.15) is 23.0 Å². The molecule has 0 bridgehead atoms. The van der Waals surface area contributed by atoms with Gasteiger partial charge in [-0.1, -0.05) is 6.07 Å². The van der Waals surface area contributed by atoms with Gasteiger partial charge in [-0.3, -0.25) is 9.78 Å².